The van der Waals surface area contributed by atoms with Crippen molar-refractivity contribution >= 4 is 16.9 Å². The molecule has 1 saturated heterocycles. The van der Waals surface area contributed by atoms with E-state index in [1.54, 1.807) is 36.3 Å². The van der Waals surface area contributed by atoms with Gasteiger partial charge in [0, 0.05) is 44.9 Å². The van der Waals surface area contributed by atoms with E-state index < -0.39 is 0 Å². The summed E-state index contributed by atoms with van der Waals surface area (Å²) in [6, 6.07) is 19.5. The molecule has 1 aliphatic heterocycles. The number of hydrogen-bond donors (Lipinski definition) is 1. The van der Waals surface area contributed by atoms with E-state index in [2.05, 4.69) is 4.90 Å². The summed E-state index contributed by atoms with van der Waals surface area (Å²) in [5.74, 6) is 1.33. The van der Waals surface area contributed by atoms with Crippen LogP contribution in [0.3, 0.4) is 0 Å². The van der Waals surface area contributed by atoms with Crippen LogP contribution in [0.25, 0.3) is 22.1 Å². The Balaban J connectivity index is 1.15. The Morgan fingerprint density at radius 3 is 2.38 bits per heavy atom. The molecule has 0 unspecified atom stereocenters. The van der Waals surface area contributed by atoms with Crippen LogP contribution < -0.4 is 19.6 Å². The van der Waals surface area contributed by atoms with E-state index in [9.17, 15) is 14.7 Å². The molecule has 9 nitrogen and oxygen atoms in total. The highest BCUT2D eigenvalue weighted by molar-refractivity contribution is 5.88. The van der Waals surface area contributed by atoms with Gasteiger partial charge in [-0.25, -0.2) is 0 Å². The maximum atomic E-state index is 13.1. The molecule has 9 heteroatoms. The average molecular weight is 531 g/mol. The summed E-state index contributed by atoms with van der Waals surface area (Å²) in [4.78, 5) is 29.8. The summed E-state index contributed by atoms with van der Waals surface area (Å²) in [6.07, 6.45) is 1.35. The minimum atomic E-state index is -0.367. The topological polar surface area (TPSA) is 102 Å². The Labute approximate surface area is 225 Å². The number of aromatic hydroxyl groups is 1. The Morgan fingerprint density at radius 1 is 0.923 bits per heavy atom. The van der Waals surface area contributed by atoms with Crippen molar-refractivity contribution in [3.63, 3.8) is 0 Å². The summed E-state index contributed by atoms with van der Waals surface area (Å²) in [7, 11) is 1.57. The fourth-order valence-electron chi connectivity index (χ4n) is 4.53. The monoisotopic (exact) mass is 530 g/mol. The zero-order valence-corrected chi connectivity index (χ0v) is 21.7. The number of amides is 1. The van der Waals surface area contributed by atoms with Crippen molar-refractivity contribution in [3.8, 4) is 34.1 Å². The lowest BCUT2D eigenvalue weighted by molar-refractivity contribution is -0.135. The number of para-hydroxylation sites is 1. The minimum absolute atomic E-state index is 0.0503. The standard InChI is InChI=1S/C30H30N2O7/c1-36-22-9-7-21(8-10-22)25-19-39-27-18-24(17-26(33)29(27)30(25)35)38-20-28(34)32-13-11-31(12-14-32)15-16-37-23-5-3-2-4-6-23/h2-10,17-19,33H,11-16,20H2,1H3. The zero-order chi connectivity index (χ0) is 27.2. The number of fused-ring (bicyclic) bond motifs is 1. The molecule has 1 aliphatic rings. The van der Waals surface area contributed by atoms with Gasteiger partial charge < -0.3 is 28.6 Å². The van der Waals surface area contributed by atoms with Crippen molar-refractivity contribution in [3.05, 3.63) is 83.2 Å². The van der Waals surface area contributed by atoms with Crippen LogP contribution >= 0.6 is 0 Å². The quantitative estimate of drug-likeness (QED) is 0.349. The van der Waals surface area contributed by atoms with Gasteiger partial charge in [0.25, 0.3) is 5.91 Å². The molecular formula is C30H30N2O7. The first-order valence-corrected chi connectivity index (χ1v) is 12.8. The molecule has 0 aliphatic carbocycles. The van der Waals surface area contributed by atoms with Gasteiger partial charge in [-0.3, -0.25) is 14.5 Å². The van der Waals surface area contributed by atoms with Crippen LogP contribution in [0.4, 0.5) is 0 Å². The van der Waals surface area contributed by atoms with Crippen LogP contribution in [0.1, 0.15) is 0 Å². The fourth-order valence-corrected chi connectivity index (χ4v) is 4.53. The summed E-state index contributed by atoms with van der Waals surface area (Å²) in [5.41, 5.74) is 0.760. The molecule has 5 rings (SSSR count). The lowest BCUT2D eigenvalue weighted by Crippen LogP contribution is -2.50. The van der Waals surface area contributed by atoms with E-state index in [0.29, 0.717) is 36.6 Å². The minimum Gasteiger partial charge on any atom is -0.507 e. The van der Waals surface area contributed by atoms with Crippen LogP contribution in [0, 0.1) is 0 Å². The Kier molecular flexibility index (Phi) is 7.98. The van der Waals surface area contributed by atoms with E-state index in [0.717, 1.165) is 25.4 Å². The van der Waals surface area contributed by atoms with E-state index >= 15 is 0 Å². The number of benzene rings is 3. The first-order chi connectivity index (χ1) is 19.0. The van der Waals surface area contributed by atoms with E-state index in [1.807, 2.05) is 30.3 Å². The maximum absolute atomic E-state index is 13.1. The van der Waals surface area contributed by atoms with Crippen LogP contribution in [-0.2, 0) is 4.79 Å². The molecule has 0 atom stereocenters. The second kappa shape index (κ2) is 11.9. The van der Waals surface area contributed by atoms with Crippen LogP contribution in [-0.4, -0.2) is 73.9 Å². The number of rotatable bonds is 9. The largest absolute Gasteiger partial charge is 0.507 e. The molecule has 39 heavy (non-hydrogen) atoms. The number of methoxy groups -OCH3 is 1. The van der Waals surface area contributed by atoms with Gasteiger partial charge in [0.1, 0.15) is 46.8 Å². The van der Waals surface area contributed by atoms with Crippen LogP contribution in [0.2, 0.25) is 0 Å². The number of hydrogen-bond acceptors (Lipinski definition) is 8. The highest BCUT2D eigenvalue weighted by Crippen LogP contribution is 2.31. The SMILES string of the molecule is COc1ccc(-c2coc3cc(OCC(=O)N4CCN(CCOc5ccccc5)CC4)cc(O)c3c2=O)cc1. The Morgan fingerprint density at radius 2 is 1.67 bits per heavy atom. The normalized spacial score (nSPS) is 13.8. The third-order valence-electron chi connectivity index (χ3n) is 6.74. The molecule has 2 heterocycles. The summed E-state index contributed by atoms with van der Waals surface area (Å²) in [5, 5.41) is 10.7. The average Bonchev–Trinajstić information content (AvgIpc) is 2.97. The molecule has 202 valence electrons. The number of phenolic OH excluding ortho intramolecular Hbond substituents is 1. The van der Waals surface area contributed by atoms with Crippen molar-refractivity contribution in [2.45, 2.75) is 0 Å². The molecule has 0 radical (unpaired) electrons. The predicted octanol–water partition coefficient (Wildman–Crippen LogP) is 3.78. The molecule has 0 spiro atoms. The van der Waals surface area contributed by atoms with Gasteiger partial charge in [-0.05, 0) is 29.8 Å². The number of phenols is 1. The molecule has 1 fully saturated rings. The number of carbonyl (C=O) groups excluding carboxylic acids is 1. The van der Waals surface area contributed by atoms with Crippen LogP contribution in [0.5, 0.6) is 23.0 Å². The van der Waals surface area contributed by atoms with Crippen molar-refractivity contribution < 1.29 is 28.5 Å². The second-order valence-corrected chi connectivity index (χ2v) is 9.20. The molecule has 1 aromatic heterocycles. The smallest absolute Gasteiger partial charge is 0.260 e. The Hall–Kier alpha value is -4.50. The summed E-state index contributed by atoms with van der Waals surface area (Å²) < 4.78 is 22.3. The number of carbonyl (C=O) groups is 1. The van der Waals surface area contributed by atoms with E-state index in [1.165, 1.54) is 18.4 Å². The molecule has 3 aromatic carbocycles. The summed E-state index contributed by atoms with van der Waals surface area (Å²) in [6.45, 7) is 3.89. The fraction of sp³-hybridized carbons (Fsp3) is 0.267. The van der Waals surface area contributed by atoms with Gasteiger partial charge in [0.2, 0.25) is 5.43 Å². The molecule has 1 amide bonds. The third kappa shape index (κ3) is 6.15. The van der Waals surface area contributed by atoms with Gasteiger partial charge >= 0.3 is 0 Å². The van der Waals surface area contributed by atoms with Crippen molar-refractivity contribution in [1.82, 2.24) is 9.80 Å². The summed E-state index contributed by atoms with van der Waals surface area (Å²) >= 11 is 0. The lowest BCUT2D eigenvalue weighted by atomic mass is 10.0. The molecular weight excluding hydrogens is 500 g/mol. The lowest BCUT2D eigenvalue weighted by Gasteiger charge is -2.34. The Bertz CT molecular complexity index is 1480. The van der Waals surface area contributed by atoms with Crippen molar-refractivity contribution in [2.75, 3.05) is 53.0 Å². The van der Waals surface area contributed by atoms with Crippen LogP contribution in [0.15, 0.2) is 82.2 Å². The molecule has 0 bridgehead atoms. The number of piperazine rings is 1. The number of ether oxygens (including phenoxy) is 3. The van der Waals surface area contributed by atoms with Gasteiger partial charge in [-0.15, -0.1) is 0 Å². The second-order valence-electron chi connectivity index (χ2n) is 9.20. The molecule has 4 aromatic rings. The molecule has 1 N–H and O–H groups in total. The van der Waals surface area contributed by atoms with Gasteiger partial charge in [0.15, 0.2) is 6.61 Å². The van der Waals surface area contributed by atoms with Gasteiger partial charge in [-0.2, -0.15) is 0 Å². The van der Waals surface area contributed by atoms with Crippen molar-refractivity contribution in [2.24, 2.45) is 0 Å². The highest BCUT2D eigenvalue weighted by atomic mass is 16.5. The predicted molar refractivity (Wildman–Crippen MR) is 147 cm³/mol. The zero-order valence-electron chi connectivity index (χ0n) is 21.7. The van der Waals surface area contributed by atoms with E-state index in [-0.39, 0.29) is 40.4 Å². The number of nitrogens with zero attached hydrogens (tertiary/aromatic N) is 2. The first kappa shape index (κ1) is 26.1. The highest BCUT2D eigenvalue weighted by Gasteiger charge is 2.22. The molecule has 0 saturated carbocycles. The van der Waals surface area contributed by atoms with Gasteiger partial charge in [0.05, 0.1) is 12.7 Å². The van der Waals surface area contributed by atoms with E-state index in [4.69, 9.17) is 18.6 Å². The van der Waals surface area contributed by atoms with Crippen molar-refractivity contribution in [1.29, 1.82) is 0 Å². The third-order valence-corrected chi connectivity index (χ3v) is 6.74. The first-order valence-electron chi connectivity index (χ1n) is 12.8. The maximum Gasteiger partial charge on any atom is 0.260 e. The van der Waals surface area contributed by atoms with Gasteiger partial charge in [-0.1, -0.05) is 30.3 Å².